The summed E-state index contributed by atoms with van der Waals surface area (Å²) in [4.78, 5) is 14.2. The van der Waals surface area contributed by atoms with Crippen LogP contribution in [0.4, 0.5) is 0 Å². The Balaban J connectivity index is 1.81. The number of amides is 1. The molecule has 0 atom stereocenters. The highest BCUT2D eigenvalue weighted by atomic mass is 16.3. The van der Waals surface area contributed by atoms with Gasteiger partial charge in [0.15, 0.2) is 0 Å². The van der Waals surface area contributed by atoms with Gasteiger partial charge in [0.25, 0.3) is 0 Å². The molecule has 18 heavy (non-hydrogen) atoms. The normalized spacial score (nSPS) is 25.1. The van der Waals surface area contributed by atoms with E-state index in [0.29, 0.717) is 19.0 Å². The van der Waals surface area contributed by atoms with Gasteiger partial charge in [0.1, 0.15) is 0 Å². The third-order valence-corrected chi connectivity index (χ3v) is 4.45. The minimum atomic E-state index is -0.577. The molecule has 0 aromatic heterocycles. The summed E-state index contributed by atoms with van der Waals surface area (Å²) in [5.41, 5.74) is -0.577. The van der Waals surface area contributed by atoms with E-state index in [4.69, 9.17) is 0 Å². The van der Waals surface area contributed by atoms with Crippen LogP contribution in [-0.4, -0.2) is 34.6 Å². The molecule has 1 aliphatic heterocycles. The Morgan fingerprint density at radius 1 is 1.17 bits per heavy atom. The Labute approximate surface area is 111 Å². The number of hydrogen-bond donors (Lipinski definition) is 1. The van der Waals surface area contributed by atoms with Crippen molar-refractivity contribution < 1.29 is 9.90 Å². The lowest BCUT2D eigenvalue weighted by atomic mass is 9.85. The Bertz CT molecular complexity index is 276. The molecule has 0 aromatic carbocycles. The van der Waals surface area contributed by atoms with Crippen LogP contribution in [0.25, 0.3) is 0 Å². The highest BCUT2D eigenvalue weighted by Crippen LogP contribution is 2.30. The van der Waals surface area contributed by atoms with Gasteiger partial charge in [-0.2, -0.15) is 0 Å². The van der Waals surface area contributed by atoms with E-state index < -0.39 is 5.60 Å². The standard InChI is InChI=1S/C15H27NO2/c1-2-10-15(18)11-16(12-15)14(17)13-8-6-4-3-5-7-9-13/h13,18H,2-12H2,1H3. The number of carbonyl (C=O) groups excluding carboxylic acids is 1. The van der Waals surface area contributed by atoms with Crippen LogP contribution in [0.5, 0.6) is 0 Å². The number of carbonyl (C=O) groups is 1. The van der Waals surface area contributed by atoms with Crippen molar-refractivity contribution in [3.63, 3.8) is 0 Å². The molecule has 0 unspecified atom stereocenters. The van der Waals surface area contributed by atoms with Gasteiger partial charge in [-0.25, -0.2) is 0 Å². The maximum absolute atomic E-state index is 12.4. The fourth-order valence-electron chi connectivity index (χ4n) is 3.40. The van der Waals surface area contributed by atoms with Gasteiger partial charge < -0.3 is 10.0 Å². The number of β-amino-alcohol motifs (C(OH)–C–C–N with tert-alkyl or cyclic N) is 1. The molecule has 0 bridgehead atoms. The maximum atomic E-state index is 12.4. The molecular formula is C15H27NO2. The van der Waals surface area contributed by atoms with Crippen molar-refractivity contribution in [2.75, 3.05) is 13.1 Å². The highest BCUT2D eigenvalue weighted by Gasteiger charge is 2.43. The minimum Gasteiger partial charge on any atom is -0.386 e. The molecule has 2 fully saturated rings. The van der Waals surface area contributed by atoms with E-state index in [2.05, 4.69) is 6.92 Å². The number of likely N-dealkylation sites (tertiary alicyclic amines) is 1. The van der Waals surface area contributed by atoms with Crippen LogP contribution in [0.2, 0.25) is 0 Å². The second kappa shape index (κ2) is 6.05. The van der Waals surface area contributed by atoms with E-state index in [9.17, 15) is 9.90 Å². The molecule has 0 aromatic rings. The van der Waals surface area contributed by atoms with Crippen molar-refractivity contribution >= 4 is 5.91 Å². The predicted molar refractivity (Wildman–Crippen MR) is 72.2 cm³/mol. The van der Waals surface area contributed by atoms with E-state index in [1.807, 2.05) is 4.90 Å². The van der Waals surface area contributed by atoms with Crippen LogP contribution in [0, 0.1) is 5.92 Å². The molecule has 0 spiro atoms. The molecule has 1 N–H and O–H groups in total. The van der Waals surface area contributed by atoms with Gasteiger partial charge in [0.05, 0.1) is 18.7 Å². The molecule has 1 heterocycles. The lowest BCUT2D eigenvalue weighted by molar-refractivity contribution is -0.161. The summed E-state index contributed by atoms with van der Waals surface area (Å²) in [7, 11) is 0. The minimum absolute atomic E-state index is 0.233. The fourth-order valence-corrected chi connectivity index (χ4v) is 3.40. The van der Waals surface area contributed by atoms with Gasteiger partial charge in [-0.05, 0) is 19.3 Å². The van der Waals surface area contributed by atoms with Crippen LogP contribution in [0.3, 0.4) is 0 Å². The third-order valence-electron chi connectivity index (χ3n) is 4.45. The monoisotopic (exact) mass is 253 g/mol. The van der Waals surface area contributed by atoms with Crippen molar-refractivity contribution in [2.45, 2.75) is 70.3 Å². The first-order valence-electron chi connectivity index (χ1n) is 7.66. The average Bonchev–Trinajstić information content (AvgIpc) is 2.24. The molecule has 1 amide bonds. The predicted octanol–water partition coefficient (Wildman–Crippen LogP) is 2.72. The van der Waals surface area contributed by atoms with Crippen molar-refractivity contribution in [1.29, 1.82) is 0 Å². The van der Waals surface area contributed by atoms with E-state index in [0.717, 1.165) is 25.7 Å². The first kappa shape index (κ1) is 13.9. The van der Waals surface area contributed by atoms with E-state index in [1.54, 1.807) is 0 Å². The van der Waals surface area contributed by atoms with Crippen LogP contribution < -0.4 is 0 Å². The summed E-state index contributed by atoms with van der Waals surface area (Å²) < 4.78 is 0. The Morgan fingerprint density at radius 2 is 1.72 bits per heavy atom. The summed E-state index contributed by atoms with van der Waals surface area (Å²) >= 11 is 0. The molecule has 0 radical (unpaired) electrons. The molecule has 3 heteroatoms. The smallest absolute Gasteiger partial charge is 0.225 e. The molecule has 3 nitrogen and oxygen atoms in total. The van der Waals surface area contributed by atoms with Crippen LogP contribution in [-0.2, 0) is 4.79 Å². The van der Waals surface area contributed by atoms with Crippen LogP contribution >= 0.6 is 0 Å². The number of hydrogen-bond acceptors (Lipinski definition) is 2. The Morgan fingerprint density at radius 3 is 2.28 bits per heavy atom. The van der Waals surface area contributed by atoms with Crippen molar-refractivity contribution in [2.24, 2.45) is 5.92 Å². The zero-order valence-electron chi connectivity index (χ0n) is 11.7. The highest BCUT2D eigenvalue weighted by molar-refractivity contribution is 5.80. The molecule has 1 saturated carbocycles. The molecule has 1 saturated heterocycles. The molecule has 104 valence electrons. The van der Waals surface area contributed by atoms with Gasteiger partial charge in [-0.1, -0.05) is 45.4 Å². The van der Waals surface area contributed by atoms with E-state index in [-0.39, 0.29) is 5.92 Å². The third kappa shape index (κ3) is 3.25. The molecule has 2 rings (SSSR count). The lowest BCUT2D eigenvalue weighted by Crippen LogP contribution is -2.64. The zero-order valence-corrected chi connectivity index (χ0v) is 11.7. The summed E-state index contributed by atoms with van der Waals surface area (Å²) in [6, 6.07) is 0. The fraction of sp³-hybridized carbons (Fsp3) is 0.933. The summed E-state index contributed by atoms with van der Waals surface area (Å²) in [6.07, 6.45) is 10.2. The van der Waals surface area contributed by atoms with Crippen molar-refractivity contribution in [1.82, 2.24) is 4.90 Å². The van der Waals surface area contributed by atoms with Crippen molar-refractivity contribution in [3.8, 4) is 0 Å². The summed E-state index contributed by atoms with van der Waals surface area (Å²) in [5, 5.41) is 10.1. The molecular weight excluding hydrogens is 226 g/mol. The SMILES string of the molecule is CCCC1(O)CN(C(=O)C2CCCCCCC2)C1. The molecule has 1 aliphatic carbocycles. The first-order valence-corrected chi connectivity index (χ1v) is 7.66. The van der Waals surface area contributed by atoms with Crippen LogP contribution in [0.15, 0.2) is 0 Å². The van der Waals surface area contributed by atoms with E-state index >= 15 is 0 Å². The quantitative estimate of drug-likeness (QED) is 0.840. The number of rotatable bonds is 3. The topological polar surface area (TPSA) is 40.5 Å². The second-order valence-corrected chi connectivity index (χ2v) is 6.21. The van der Waals surface area contributed by atoms with Gasteiger partial charge in [0, 0.05) is 5.92 Å². The van der Waals surface area contributed by atoms with E-state index in [1.165, 1.54) is 32.1 Å². The molecule has 2 aliphatic rings. The van der Waals surface area contributed by atoms with Gasteiger partial charge in [-0.15, -0.1) is 0 Å². The largest absolute Gasteiger partial charge is 0.386 e. The first-order chi connectivity index (χ1) is 8.64. The summed E-state index contributed by atoms with van der Waals surface area (Å²) in [6.45, 7) is 3.21. The van der Waals surface area contributed by atoms with Crippen LogP contribution in [0.1, 0.15) is 64.7 Å². The zero-order chi connectivity index (χ0) is 13.0. The average molecular weight is 253 g/mol. The second-order valence-electron chi connectivity index (χ2n) is 6.21. The maximum Gasteiger partial charge on any atom is 0.225 e. The van der Waals surface area contributed by atoms with Gasteiger partial charge in [-0.3, -0.25) is 4.79 Å². The number of nitrogens with zero attached hydrogens (tertiary/aromatic N) is 1. The Hall–Kier alpha value is -0.570. The van der Waals surface area contributed by atoms with Crippen molar-refractivity contribution in [3.05, 3.63) is 0 Å². The van der Waals surface area contributed by atoms with Gasteiger partial charge >= 0.3 is 0 Å². The lowest BCUT2D eigenvalue weighted by Gasteiger charge is -2.47. The van der Waals surface area contributed by atoms with Gasteiger partial charge in [0.2, 0.25) is 5.91 Å². The summed E-state index contributed by atoms with van der Waals surface area (Å²) in [5.74, 6) is 0.536. The number of aliphatic hydroxyl groups is 1. The Kier molecular flexibility index (Phi) is 4.66.